The highest BCUT2D eigenvalue weighted by Gasteiger charge is 2.09. The summed E-state index contributed by atoms with van der Waals surface area (Å²) < 4.78 is 5.50. The summed E-state index contributed by atoms with van der Waals surface area (Å²) in [5.74, 6) is 0.897. The quantitative estimate of drug-likeness (QED) is 0.473. The zero-order valence-corrected chi connectivity index (χ0v) is 11.2. The van der Waals surface area contributed by atoms with Crippen LogP contribution in [0.2, 0.25) is 0 Å². The van der Waals surface area contributed by atoms with Gasteiger partial charge in [-0.3, -0.25) is 5.43 Å². The van der Waals surface area contributed by atoms with E-state index < -0.39 is 0 Å². The van der Waals surface area contributed by atoms with Gasteiger partial charge >= 0.3 is 0 Å². The van der Waals surface area contributed by atoms with Crippen molar-refractivity contribution in [2.24, 2.45) is 5.10 Å². The van der Waals surface area contributed by atoms with Crippen LogP contribution in [0, 0.1) is 0 Å². The van der Waals surface area contributed by atoms with Crippen molar-refractivity contribution in [2.75, 3.05) is 7.11 Å². The maximum Gasteiger partial charge on any atom is 0.129 e. The van der Waals surface area contributed by atoms with Gasteiger partial charge in [0.2, 0.25) is 0 Å². The van der Waals surface area contributed by atoms with E-state index in [0.717, 1.165) is 23.3 Å². The normalized spacial score (nSPS) is 11.6. The zero-order valence-electron chi connectivity index (χ0n) is 11.2. The van der Waals surface area contributed by atoms with E-state index in [1.165, 1.54) is 5.56 Å². The van der Waals surface area contributed by atoms with Gasteiger partial charge in [-0.25, -0.2) is 0 Å². The van der Waals surface area contributed by atoms with E-state index in [9.17, 15) is 0 Å². The Morgan fingerprint density at radius 1 is 1.50 bits per heavy atom. The highest BCUT2D eigenvalue weighted by atomic mass is 16.5. The molecule has 0 aromatic heterocycles. The summed E-state index contributed by atoms with van der Waals surface area (Å²) in [5.41, 5.74) is 6.01. The number of aryl methyl sites for hydroxylation is 1. The van der Waals surface area contributed by atoms with Crippen molar-refractivity contribution in [1.29, 1.82) is 0 Å². The first-order chi connectivity index (χ1) is 8.78. The van der Waals surface area contributed by atoms with Crippen LogP contribution >= 0.6 is 0 Å². The molecule has 0 unspecified atom stereocenters. The Hall–Kier alpha value is -2.03. The monoisotopic (exact) mass is 244 g/mol. The standard InChI is InChI=1S/C15H20N2O/c1-5-12-9-8-10-14(15(12)18-4)13(6-2)11-17-16-7-3/h6-11,17H,2,5H2,1,3-4H3/b13-11+,16-7+. The third kappa shape index (κ3) is 3.23. The van der Waals surface area contributed by atoms with Crippen LogP contribution in [0.15, 0.2) is 42.2 Å². The Morgan fingerprint density at radius 3 is 2.83 bits per heavy atom. The van der Waals surface area contributed by atoms with Crippen molar-refractivity contribution in [1.82, 2.24) is 5.43 Å². The number of hydrogen-bond acceptors (Lipinski definition) is 3. The molecule has 0 fully saturated rings. The van der Waals surface area contributed by atoms with Gasteiger partial charge in [-0.05, 0) is 18.9 Å². The molecule has 0 aliphatic rings. The molecule has 1 aromatic carbocycles. The first-order valence-electron chi connectivity index (χ1n) is 6.00. The van der Waals surface area contributed by atoms with Gasteiger partial charge < -0.3 is 4.74 Å². The van der Waals surface area contributed by atoms with Gasteiger partial charge in [0, 0.05) is 23.6 Å². The number of para-hydroxylation sites is 1. The molecule has 1 rings (SSSR count). The van der Waals surface area contributed by atoms with E-state index in [4.69, 9.17) is 4.74 Å². The first kappa shape index (κ1) is 14.0. The van der Waals surface area contributed by atoms with Crippen molar-refractivity contribution < 1.29 is 4.74 Å². The maximum absolute atomic E-state index is 5.50. The number of benzene rings is 1. The summed E-state index contributed by atoms with van der Waals surface area (Å²) in [6.07, 6.45) is 6.22. The smallest absolute Gasteiger partial charge is 0.129 e. The molecule has 0 radical (unpaired) electrons. The van der Waals surface area contributed by atoms with E-state index in [0.29, 0.717) is 0 Å². The lowest BCUT2D eigenvalue weighted by Crippen LogP contribution is -1.99. The predicted molar refractivity (Wildman–Crippen MR) is 77.8 cm³/mol. The van der Waals surface area contributed by atoms with Crippen LogP contribution in [0.25, 0.3) is 5.57 Å². The number of allylic oxidation sites excluding steroid dienone is 2. The fourth-order valence-corrected chi connectivity index (χ4v) is 1.76. The van der Waals surface area contributed by atoms with Gasteiger partial charge in [0.25, 0.3) is 0 Å². The summed E-state index contributed by atoms with van der Waals surface area (Å²) in [6.45, 7) is 7.79. The molecule has 0 amide bonds. The second-order valence-electron chi connectivity index (χ2n) is 3.67. The lowest BCUT2D eigenvalue weighted by molar-refractivity contribution is 0.409. The largest absolute Gasteiger partial charge is 0.496 e. The molecule has 1 N–H and O–H groups in total. The molecular weight excluding hydrogens is 224 g/mol. The zero-order chi connectivity index (χ0) is 13.4. The molecule has 0 aliphatic heterocycles. The van der Waals surface area contributed by atoms with E-state index >= 15 is 0 Å². The lowest BCUT2D eigenvalue weighted by Gasteiger charge is -2.13. The number of nitrogens with one attached hydrogen (secondary N) is 1. The molecule has 0 aliphatic carbocycles. The minimum atomic E-state index is 0.897. The van der Waals surface area contributed by atoms with Crippen LogP contribution in [-0.4, -0.2) is 13.3 Å². The Kier molecular flexibility index (Phi) is 5.71. The molecule has 0 bridgehead atoms. The highest BCUT2D eigenvalue weighted by molar-refractivity contribution is 5.78. The minimum absolute atomic E-state index is 0.897. The molecule has 3 nitrogen and oxygen atoms in total. The van der Waals surface area contributed by atoms with Gasteiger partial charge in [0.15, 0.2) is 0 Å². The van der Waals surface area contributed by atoms with Crippen molar-refractivity contribution in [3.05, 3.63) is 48.2 Å². The molecule has 0 spiro atoms. The van der Waals surface area contributed by atoms with Crippen molar-refractivity contribution >= 4 is 11.8 Å². The molecule has 18 heavy (non-hydrogen) atoms. The van der Waals surface area contributed by atoms with Crippen LogP contribution in [-0.2, 0) is 6.42 Å². The maximum atomic E-state index is 5.50. The second kappa shape index (κ2) is 7.33. The van der Waals surface area contributed by atoms with Crippen molar-refractivity contribution in [3.63, 3.8) is 0 Å². The second-order valence-corrected chi connectivity index (χ2v) is 3.67. The predicted octanol–water partition coefficient (Wildman–Crippen LogP) is 3.38. The summed E-state index contributed by atoms with van der Waals surface area (Å²) in [5, 5.41) is 3.94. The average molecular weight is 244 g/mol. The van der Waals surface area contributed by atoms with E-state index in [-0.39, 0.29) is 0 Å². The van der Waals surface area contributed by atoms with Crippen LogP contribution in [0.1, 0.15) is 25.0 Å². The molecular formula is C15H20N2O. The Balaban J connectivity index is 3.20. The number of ether oxygens (including phenoxy) is 1. The number of rotatable bonds is 6. The fourth-order valence-electron chi connectivity index (χ4n) is 1.76. The number of methoxy groups -OCH3 is 1. The van der Waals surface area contributed by atoms with Crippen molar-refractivity contribution in [2.45, 2.75) is 20.3 Å². The van der Waals surface area contributed by atoms with E-state index in [1.54, 1.807) is 19.4 Å². The SMILES string of the molecule is C=C/C(=C\N/N=C/C)c1cccc(CC)c1OC. The van der Waals surface area contributed by atoms with Crippen LogP contribution in [0.3, 0.4) is 0 Å². The van der Waals surface area contributed by atoms with Gasteiger partial charge in [-0.1, -0.05) is 37.8 Å². The molecule has 0 heterocycles. The van der Waals surface area contributed by atoms with Crippen LogP contribution < -0.4 is 10.2 Å². The molecule has 3 heteroatoms. The van der Waals surface area contributed by atoms with E-state index in [2.05, 4.69) is 30.1 Å². The Bertz CT molecular complexity index is 462. The van der Waals surface area contributed by atoms with Crippen LogP contribution in [0.4, 0.5) is 0 Å². The van der Waals surface area contributed by atoms with Gasteiger partial charge in [0.1, 0.15) is 5.75 Å². The van der Waals surface area contributed by atoms with Gasteiger partial charge in [-0.15, -0.1) is 0 Å². The Morgan fingerprint density at radius 2 is 2.28 bits per heavy atom. The Labute approximate surface area is 109 Å². The van der Waals surface area contributed by atoms with Gasteiger partial charge in [-0.2, -0.15) is 5.10 Å². The molecule has 96 valence electrons. The summed E-state index contributed by atoms with van der Waals surface area (Å²) >= 11 is 0. The van der Waals surface area contributed by atoms with E-state index in [1.807, 2.05) is 25.3 Å². The molecule has 0 atom stereocenters. The summed E-state index contributed by atoms with van der Waals surface area (Å²) in [6, 6.07) is 6.11. The van der Waals surface area contributed by atoms with Crippen molar-refractivity contribution in [3.8, 4) is 5.75 Å². The number of nitrogens with zero attached hydrogens (tertiary/aromatic N) is 1. The minimum Gasteiger partial charge on any atom is -0.496 e. The number of hydrogen-bond donors (Lipinski definition) is 1. The van der Waals surface area contributed by atoms with Gasteiger partial charge in [0.05, 0.1) is 7.11 Å². The highest BCUT2D eigenvalue weighted by Crippen LogP contribution is 2.30. The van der Waals surface area contributed by atoms with Crippen LogP contribution in [0.5, 0.6) is 5.75 Å². The summed E-state index contributed by atoms with van der Waals surface area (Å²) in [4.78, 5) is 0. The third-order valence-electron chi connectivity index (χ3n) is 2.64. The number of hydrazone groups is 1. The summed E-state index contributed by atoms with van der Waals surface area (Å²) in [7, 11) is 1.69. The first-order valence-corrected chi connectivity index (χ1v) is 6.00. The molecule has 0 saturated heterocycles. The lowest BCUT2D eigenvalue weighted by atomic mass is 10.0. The average Bonchev–Trinajstić information content (AvgIpc) is 2.42. The third-order valence-corrected chi connectivity index (χ3v) is 2.64. The fraction of sp³-hybridized carbons (Fsp3) is 0.267. The molecule has 1 aromatic rings. The topological polar surface area (TPSA) is 33.6 Å². The molecule has 0 saturated carbocycles.